The number of nitrogens with one attached hydrogen (secondary N) is 1. The maximum Gasteiger partial charge on any atom is 0.227 e. The smallest absolute Gasteiger partial charge is 0.227 e. The number of terminal acetylenes is 1. The Morgan fingerprint density at radius 3 is 2.71 bits per heavy atom. The largest absolute Gasteiger partial charge is 0.399 e. The summed E-state index contributed by atoms with van der Waals surface area (Å²) < 4.78 is 12.8. The minimum absolute atomic E-state index is 0.320. The molecule has 1 aliphatic carbocycles. The molecule has 0 radical (unpaired) electrons. The zero-order valence-corrected chi connectivity index (χ0v) is 20.2. The molecule has 0 aromatic carbocycles. The lowest BCUT2D eigenvalue weighted by atomic mass is 9.73. The monoisotopic (exact) mass is 477 g/mol. The Labute approximate surface area is 201 Å². The fraction of sp³-hybridized carbons (Fsp3) is 0.458. The third kappa shape index (κ3) is 4.05. The van der Waals surface area contributed by atoms with E-state index in [1.54, 1.807) is 19.5 Å². The maximum absolute atomic E-state index is 12.8. The average Bonchev–Trinajstić information content (AvgIpc) is 3.22. The van der Waals surface area contributed by atoms with Gasteiger partial charge in [-0.3, -0.25) is 4.21 Å². The van der Waals surface area contributed by atoms with Crippen LogP contribution in [-0.2, 0) is 22.1 Å². The molecule has 34 heavy (non-hydrogen) atoms. The highest BCUT2D eigenvalue weighted by atomic mass is 32.2. The Morgan fingerprint density at radius 1 is 1.29 bits per heavy atom. The summed E-state index contributed by atoms with van der Waals surface area (Å²) in [6.45, 7) is 3.35. The minimum atomic E-state index is -1.11. The molecule has 1 saturated carbocycles. The van der Waals surface area contributed by atoms with Gasteiger partial charge in [0, 0.05) is 37.7 Å². The molecule has 4 heterocycles. The number of anilines is 2. The maximum atomic E-state index is 12.8. The SMILES string of the molecule is C#Cc1cnc(C2=CCN(c3nc4c(c(NC5(/C(C)=N/OC)CCC5)n3)S(=O)CC4)CC2)nc1. The molecule has 1 unspecified atom stereocenters. The molecule has 2 aromatic heterocycles. The topological polar surface area (TPSA) is 105 Å². The third-order valence-electron chi connectivity index (χ3n) is 6.76. The van der Waals surface area contributed by atoms with Crippen LogP contribution in [0.4, 0.5) is 11.8 Å². The molecule has 0 bridgehead atoms. The normalized spacial score (nSPS) is 21.2. The van der Waals surface area contributed by atoms with E-state index in [1.807, 2.05) is 6.92 Å². The highest BCUT2D eigenvalue weighted by molar-refractivity contribution is 7.85. The number of hydrogen-bond acceptors (Lipinski definition) is 9. The summed E-state index contributed by atoms with van der Waals surface area (Å²) in [4.78, 5) is 26.4. The van der Waals surface area contributed by atoms with Crippen molar-refractivity contribution in [3.63, 3.8) is 0 Å². The van der Waals surface area contributed by atoms with Crippen molar-refractivity contribution in [3.05, 3.63) is 35.6 Å². The van der Waals surface area contributed by atoms with Gasteiger partial charge in [-0.2, -0.15) is 4.98 Å². The summed E-state index contributed by atoms with van der Waals surface area (Å²) in [6, 6.07) is 0. The predicted molar refractivity (Wildman–Crippen MR) is 132 cm³/mol. The molecule has 2 aliphatic heterocycles. The number of hydrogen-bond donors (Lipinski definition) is 1. The molecule has 0 saturated heterocycles. The first-order chi connectivity index (χ1) is 16.5. The number of aryl methyl sites for hydroxylation is 1. The number of aromatic nitrogens is 4. The zero-order valence-electron chi connectivity index (χ0n) is 19.4. The molecule has 9 nitrogen and oxygen atoms in total. The Kier molecular flexibility index (Phi) is 6.04. The first kappa shape index (κ1) is 22.5. The van der Waals surface area contributed by atoms with Crippen molar-refractivity contribution in [2.75, 3.05) is 36.2 Å². The van der Waals surface area contributed by atoms with E-state index in [-0.39, 0.29) is 5.54 Å². The molecule has 10 heteroatoms. The lowest BCUT2D eigenvalue weighted by Gasteiger charge is -2.42. The van der Waals surface area contributed by atoms with Crippen molar-refractivity contribution in [2.24, 2.45) is 5.16 Å². The molecule has 5 rings (SSSR count). The zero-order chi connectivity index (χ0) is 23.7. The van der Waals surface area contributed by atoms with E-state index in [9.17, 15) is 4.21 Å². The van der Waals surface area contributed by atoms with E-state index in [0.29, 0.717) is 41.9 Å². The van der Waals surface area contributed by atoms with Crippen LogP contribution in [0.1, 0.15) is 49.7 Å². The van der Waals surface area contributed by atoms with Gasteiger partial charge in [-0.25, -0.2) is 15.0 Å². The van der Waals surface area contributed by atoms with Crippen molar-refractivity contribution in [1.29, 1.82) is 0 Å². The van der Waals surface area contributed by atoms with E-state index in [1.165, 1.54) is 0 Å². The van der Waals surface area contributed by atoms with Crippen LogP contribution in [0.2, 0.25) is 0 Å². The molecule has 176 valence electrons. The molecule has 0 amide bonds. The molecule has 3 aliphatic rings. The Balaban J connectivity index is 1.42. The standard InChI is InChI=1S/C24H27N7O2S/c1-4-17-14-25-21(26-15-17)18-6-11-31(12-7-18)23-27-19-8-13-34(32)20(19)22(28-23)29-24(9-5-10-24)16(2)30-33-3/h1,6,14-15H,5,7-13H2,2-3H3,(H,27,28,29)/b30-16+. The van der Waals surface area contributed by atoms with Gasteiger partial charge in [-0.1, -0.05) is 17.2 Å². The summed E-state index contributed by atoms with van der Waals surface area (Å²) in [5.74, 6) is 5.12. The number of fused-ring (bicyclic) bond motifs is 1. The Hall–Kier alpha value is -3.32. The number of oxime groups is 1. The molecule has 0 spiro atoms. The minimum Gasteiger partial charge on any atom is -0.399 e. The van der Waals surface area contributed by atoms with Gasteiger partial charge < -0.3 is 15.1 Å². The van der Waals surface area contributed by atoms with Crippen LogP contribution < -0.4 is 10.2 Å². The molecule has 1 atom stereocenters. The van der Waals surface area contributed by atoms with Crippen LogP contribution in [-0.4, -0.2) is 61.3 Å². The first-order valence-corrected chi connectivity index (χ1v) is 12.7. The van der Waals surface area contributed by atoms with E-state index >= 15 is 0 Å². The van der Waals surface area contributed by atoms with Gasteiger partial charge in [0.05, 0.1) is 33.3 Å². The van der Waals surface area contributed by atoms with Crippen molar-refractivity contribution >= 4 is 33.9 Å². The molecule has 1 fully saturated rings. The van der Waals surface area contributed by atoms with Crippen LogP contribution in [0.3, 0.4) is 0 Å². The quantitative estimate of drug-likeness (QED) is 0.384. The fourth-order valence-corrected chi connectivity index (χ4v) is 5.90. The van der Waals surface area contributed by atoms with Gasteiger partial charge in [0.2, 0.25) is 5.95 Å². The second-order valence-electron chi connectivity index (χ2n) is 8.73. The second-order valence-corrected chi connectivity index (χ2v) is 10.2. The van der Waals surface area contributed by atoms with Crippen LogP contribution in [0.25, 0.3) is 5.57 Å². The van der Waals surface area contributed by atoms with E-state index < -0.39 is 10.8 Å². The third-order valence-corrected chi connectivity index (χ3v) is 8.22. The number of nitrogens with zero attached hydrogens (tertiary/aromatic N) is 6. The fourth-order valence-electron chi connectivity index (χ4n) is 4.59. The molecular formula is C24H27N7O2S. The van der Waals surface area contributed by atoms with Crippen LogP contribution in [0.15, 0.2) is 28.5 Å². The van der Waals surface area contributed by atoms with E-state index in [0.717, 1.165) is 54.1 Å². The van der Waals surface area contributed by atoms with E-state index in [4.69, 9.17) is 21.2 Å². The lowest BCUT2D eigenvalue weighted by Crippen LogP contribution is -2.51. The summed E-state index contributed by atoms with van der Waals surface area (Å²) in [5.41, 5.74) is 3.17. The molecule has 2 aromatic rings. The van der Waals surface area contributed by atoms with Crippen molar-refractivity contribution in [1.82, 2.24) is 19.9 Å². The van der Waals surface area contributed by atoms with Gasteiger partial charge in [-0.05, 0) is 38.2 Å². The first-order valence-electron chi connectivity index (χ1n) is 11.4. The highest BCUT2D eigenvalue weighted by Crippen LogP contribution is 2.40. The average molecular weight is 478 g/mol. The van der Waals surface area contributed by atoms with E-state index in [2.05, 4.69) is 37.3 Å². The lowest BCUT2D eigenvalue weighted by molar-refractivity contribution is 0.206. The second kappa shape index (κ2) is 9.14. The molecule has 1 N–H and O–H groups in total. The van der Waals surface area contributed by atoms with Gasteiger partial charge in [-0.15, -0.1) is 6.42 Å². The van der Waals surface area contributed by atoms with Gasteiger partial charge in [0.15, 0.2) is 5.82 Å². The van der Waals surface area contributed by atoms with Gasteiger partial charge in [0.1, 0.15) is 17.8 Å². The summed E-state index contributed by atoms with van der Waals surface area (Å²) in [5, 5.41) is 7.78. The summed E-state index contributed by atoms with van der Waals surface area (Å²) in [7, 11) is 0.448. The van der Waals surface area contributed by atoms with Crippen molar-refractivity contribution < 1.29 is 9.05 Å². The van der Waals surface area contributed by atoms with Crippen LogP contribution in [0, 0.1) is 12.3 Å². The number of rotatable bonds is 6. The molecular weight excluding hydrogens is 450 g/mol. The Morgan fingerprint density at radius 2 is 2.09 bits per heavy atom. The van der Waals surface area contributed by atoms with Crippen LogP contribution >= 0.6 is 0 Å². The van der Waals surface area contributed by atoms with Gasteiger partial charge >= 0.3 is 0 Å². The highest BCUT2D eigenvalue weighted by Gasteiger charge is 2.42. The van der Waals surface area contributed by atoms with Crippen molar-refractivity contribution in [2.45, 2.75) is 49.5 Å². The summed E-state index contributed by atoms with van der Waals surface area (Å²) in [6.07, 6.45) is 15.3. The van der Waals surface area contributed by atoms with Crippen molar-refractivity contribution in [3.8, 4) is 12.3 Å². The van der Waals surface area contributed by atoms with Gasteiger partial charge in [0.25, 0.3) is 0 Å². The Bertz CT molecular complexity index is 1230. The predicted octanol–water partition coefficient (Wildman–Crippen LogP) is 2.56. The van der Waals surface area contributed by atoms with Crippen LogP contribution in [0.5, 0.6) is 0 Å². The summed E-state index contributed by atoms with van der Waals surface area (Å²) >= 11 is 0.